The monoisotopic (exact) mass is 485 g/mol. The lowest BCUT2D eigenvalue weighted by molar-refractivity contribution is 0.0527. The van der Waals surface area contributed by atoms with Crippen LogP contribution in [0.1, 0.15) is 34.6 Å². The van der Waals surface area contributed by atoms with Crippen LogP contribution in [0.2, 0.25) is 5.02 Å². The second-order valence-corrected chi connectivity index (χ2v) is 8.05. The zero-order valence-corrected chi connectivity index (χ0v) is 20.2. The lowest BCUT2D eigenvalue weighted by Gasteiger charge is -2.20. The number of nitrogens with zero attached hydrogens (tertiary/aromatic N) is 1. The first-order chi connectivity index (χ1) is 17.0. The minimum atomic E-state index is -0.575. The van der Waals surface area contributed by atoms with Gasteiger partial charge in [-0.2, -0.15) is 0 Å². The molecule has 4 rings (SSSR count). The summed E-state index contributed by atoms with van der Waals surface area (Å²) in [5, 5.41) is 0.532. The number of carbonyl (C=O) groups excluding carboxylic acids is 2. The van der Waals surface area contributed by atoms with Gasteiger partial charge in [0.15, 0.2) is 0 Å². The molecule has 0 bridgehead atoms. The molecule has 1 heterocycles. The van der Waals surface area contributed by atoms with Crippen LogP contribution in [-0.2, 0) is 9.47 Å². The van der Waals surface area contributed by atoms with E-state index in [1.54, 1.807) is 38.1 Å². The molecular weight excluding hydrogens is 462 g/mol. The zero-order chi connectivity index (χ0) is 24.8. The van der Waals surface area contributed by atoms with Crippen molar-refractivity contribution in [3.63, 3.8) is 0 Å². The number of hydrogen-bond acceptors (Lipinski definition) is 5. The number of aromatic nitrogens is 1. The van der Waals surface area contributed by atoms with E-state index in [4.69, 9.17) is 26.1 Å². The maximum Gasteiger partial charge on any atom is 0.341 e. The van der Waals surface area contributed by atoms with Crippen LogP contribution in [0.4, 0.5) is 0 Å². The molecule has 0 unspecified atom stereocenters. The Morgan fingerprint density at radius 2 is 1.09 bits per heavy atom. The van der Waals surface area contributed by atoms with Gasteiger partial charge in [-0.1, -0.05) is 84.4 Å². The molecule has 0 aliphatic carbocycles. The third kappa shape index (κ3) is 5.10. The minimum Gasteiger partial charge on any atom is -0.462 e. The highest BCUT2D eigenvalue weighted by molar-refractivity contribution is 6.30. The molecule has 0 aliphatic rings. The second kappa shape index (κ2) is 11.0. The summed E-state index contributed by atoms with van der Waals surface area (Å²) in [5.74, 6) is -1.15. The Morgan fingerprint density at radius 3 is 1.49 bits per heavy atom. The highest BCUT2D eigenvalue weighted by Crippen LogP contribution is 2.40. The van der Waals surface area contributed by atoms with Crippen molar-refractivity contribution in [3.05, 3.63) is 101 Å². The van der Waals surface area contributed by atoms with E-state index in [-0.39, 0.29) is 24.3 Å². The van der Waals surface area contributed by atoms with Crippen LogP contribution >= 0.6 is 11.6 Å². The van der Waals surface area contributed by atoms with Crippen molar-refractivity contribution >= 4 is 23.5 Å². The summed E-state index contributed by atoms with van der Waals surface area (Å²) < 4.78 is 10.9. The summed E-state index contributed by atoms with van der Waals surface area (Å²) in [5.41, 5.74) is 3.69. The number of pyridine rings is 1. The Bertz CT molecular complexity index is 1260. The van der Waals surface area contributed by atoms with Gasteiger partial charge in [0.2, 0.25) is 0 Å². The Kier molecular flexibility index (Phi) is 7.58. The van der Waals surface area contributed by atoms with E-state index in [1.165, 1.54) is 0 Å². The van der Waals surface area contributed by atoms with Gasteiger partial charge in [0.25, 0.3) is 0 Å². The van der Waals surface area contributed by atoms with Gasteiger partial charge in [-0.15, -0.1) is 0 Å². The van der Waals surface area contributed by atoms with Crippen LogP contribution in [0, 0.1) is 0 Å². The molecule has 5 nitrogen and oxygen atoms in total. The van der Waals surface area contributed by atoms with E-state index in [2.05, 4.69) is 0 Å². The number of rotatable bonds is 7. The Balaban J connectivity index is 2.20. The lowest BCUT2D eigenvalue weighted by Crippen LogP contribution is -2.17. The average Bonchev–Trinajstić information content (AvgIpc) is 2.89. The first-order valence-corrected chi connectivity index (χ1v) is 11.7. The summed E-state index contributed by atoms with van der Waals surface area (Å²) in [7, 11) is 0. The van der Waals surface area contributed by atoms with Crippen molar-refractivity contribution in [1.29, 1.82) is 0 Å². The van der Waals surface area contributed by atoms with Gasteiger partial charge in [-0.05, 0) is 31.5 Å². The zero-order valence-electron chi connectivity index (χ0n) is 19.5. The predicted octanol–water partition coefficient (Wildman–Crippen LogP) is 7.09. The molecule has 1 aromatic heterocycles. The Hall–Kier alpha value is -3.96. The van der Waals surface area contributed by atoms with Crippen molar-refractivity contribution in [2.75, 3.05) is 13.2 Å². The second-order valence-electron chi connectivity index (χ2n) is 7.61. The van der Waals surface area contributed by atoms with Crippen LogP contribution in [0.25, 0.3) is 33.6 Å². The van der Waals surface area contributed by atoms with Gasteiger partial charge in [0.1, 0.15) is 0 Å². The number of benzene rings is 3. The first kappa shape index (κ1) is 24.2. The standard InChI is InChI=1S/C29H24ClNO4/c1-3-34-28(32)24-23(19-15-17-22(30)18-16-19)25(29(33)35-4-2)27(21-13-9-6-10-14-21)31-26(24)20-11-7-5-8-12-20/h5-18H,3-4H2,1-2H3. The summed E-state index contributed by atoms with van der Waals surface area (Å²) in [6.07, 6.45) is 0. The summed E-state index contributed by atoms with van der Waals surface area (Å²) in [6, 6.07) is 25.7. The molecule has 0 fully saturated rings. The highest BCUT2D eigenvalue weighted by atomic mass is 35.5. The molecular formula is C29H24ClNO4. The van der Waals surface area contributed by atoms with Gasteiger partial charge in [-0.25, -0.2) is 14.6 Å². The third-order valence-corrected chi connectivity index (χ3v) is 5.64. The molecule has 0 atom stereocenters. The van der Waals surface area contributed by atoms with E-state index >= 15 is 0 Å². The van der Waals surface area contributed by atoms with E-state index in [1.807, 2.05) is 60.7 Å². The lowest BCUT2D eigenvalue weighted by atomic mass is 9.88. The molecule has 176 valence electrons. The number of ether oxygens (including phenoxy) is 2. The van der Waals surface area contributed by atoms with Crippen LogP contribution < -0.4 is 0 Å². The van der Waals surface area contributed by atoms with E-state index < -0.39 is 11.9 Å². The van der Waals surface area contributed by atoms with E-state index in [0.29, 0.717) is 27.5 Å². The summed E-state index contributed by atoms with van der Waals surface area (Å²) in [4.78, 5) is 31.8. The molecule has 3 aromatic carbocycles. The van der Waals surface area contributed by atoms with Crippen molar-refractivity contribution < 1.29 is 19.1 Å². The maximum absolute atomic E-state index is 13.4. The van der Waals surface area contributed by atoms with Crippen LogP contribution in [0.15, 0.2) is 84.9 Å². The van der Waals surface area contributed by atoms with Crippen LogP contribution in [0.5, 0.6) is 0 Å². The fraction of sp³-hybridized carbons (Fsp3) is 0.138. The SMILES string of the molecule is CCOC(=O)c1c(-c2ccccc2)nc(-c2ccccc2)c(C(=O)OCC)c1-c1ccc(Cl)cc1. The molecule has 35 heavy (non-hydrogen) atoms. The van der Waals surface area contributed by atoms with Gasteiger partial charge in [-0.3, -0.25) is 0 Å². The number of hydrogen-bond donors (Lipinski definition) is 0. The number of halogens is 1. The third-order valence-electron chi connectivity index (χ3n) is 5.38. The molecule has 0 saturated carbocycles. The Labute approximate surface area is 209 Å². The van der Waals surface area contributed by atoms with Gasteiger partial charge < -0.3 is 9.47 Å². The van der Waals surface area contributed by atoms with Crippen molar-refractivity contribution in [2.45, 2.75) is 13.8 Å². The topological polar surface area (TPSA) is 65.5 Å². The van der Waals surface area contributed by atoms with E-state index in [9.17, 15) is 9.59 Å². The van der Waals surface area contributed by atoms with Crippen LogP contribution in [-0.4, -0.2) is 30.1 Å². The van der Waals surface area contributed by atoms with Crippen molar-refractivity contribution in [1.82, 2.24) is 4.98 Å². The number of carbonyl (C=O) groups is 2. The Morgan fingerprint density at radius 1 is 0.657 bits per heavy atom. The molecule has 0 amide bonds. The van der Waals surface area contributed by atoms with E-state index in [0.717, 1.165) is 11.1 Å². The predicted molar refractivity (Wildman–Crippen MR) is 137 cm³/mol. The summed E-state index contributed by atoms with van der Waals surface area (Å²) >= 11 is 6.16. The smallest absolute Gasteiger partial charge is 0.341 e. The fourth-order valence-corrected chi connectivity index (χ4v) is 4.03. The largest absolute Gasteiger partial charge is 0.462 e. The van der Waals surface area contributed by atoms with Gasteiger partial charge in [0, 0.05) is 21.7 Å². The molecule has 0 radical (unpaired) electrons. The first-order valence-electron chi connectivity index (χ1n) is 11.3. The quantitative estimate of drug-likeness (QED) is 0.261. The fourth-order valence-electron chi connectivity index (χ4n) is 3.90. The van der Waals surface area contributed by atoms with Crippen LogP contribution in [0.3, 0.4) is 0 Å². The van der Waals surface area contributed by atoms with Crippen molar-refractivity contribution in [3.8, 4) is 33.6 Å². The van der Waals surface area contributed by atoms with Gasteiger partial charge in [0.05, 0.1) is 35.7 Å². The van der Waals surface area contributed by atoms with Gasteiger partial charge >= 0.3 is 11.9 Å². The van der Waals surface area contributed by atoms with Crippen molar-refractivity contribution in [2.24, 2.45) is 0 Å². The molecule has 6 heteroatoms. The normalized spacial score (nSPS) is 10.6. The maximum atomic E-state index is 13.4. The average molecular weight is 486 g/mol. The molecule has 0 N–H and O–H groups in total. The highest BCUT2D eigenvalue weighted by Gasteiger charge is 2.31. The minimum absolute atomic E-state index is 0.169. The number of esters is 2. The molecule has 4 aromatic rings. The molecule has 0 saturated heterocycles. The molecule has 0 spiro atoms. The summed E-state index contributed by atoms with van der Waals surface area (Å²) in [6.45, 7) is 3.81. The molecule has 0 aliphatic heterocycles.